The minimum atomic E-state index is -0.675. The number of imidazole rings is 1. The molecule has 5 aromatic rings. The Morgan fingerprint density at radius 3 is 2.35 bits per heavy atom. The van der Waals surface area contributed by atoms with Crippen molar-refractivity contribution in [2.45, 2.75) is 6.92 Å². The molecule has 0 spiro atoms. The molecule has 0 aliphatic rings. The molecule has 0 amide bonds. The van der Waals surface area contributed by atoms with Gasteiger partial charge in [-0.1, -0.05) is 60.1 Å². The number of benzene rings is 3. The van der Waals surface area contributed by atoms with Gasteiger partial charge < -0.3 is 5.32 Å². The summed E-state index contributed by atoms with van der Waals surface area (Å²) in [5.41, 5.74) is 3.41. The lowest BCUT2D eigenvalue weighted by Crippen LogP contribution is -2.01. The summed E-state index contributed by atoms with van der Waals surface area (Å²) in [5, 5.41) is 5.81. The Kier molecular flexibility index (Phi) is 4.96. The summed E-state index contributed by atoms with van der Waals surface area (Å²) >= 11 is 7.85. The molecule has 0 saturated heterocycles. The first-order valence-corrected chi connectivity index (χ1v) is 10.8. The zero-order valence-corrected chi connectivity index (χ0v) is 17.9. The van der Waals surface area contributed by atoms with Crippen LogP contribution in [0.25, 0.3) is 27.5 Å². The first-order chi connectivity index (χ1) is 15.0. The van der Waals surface area contributed by atoms with Crippen molar-refractivity contribution in [3.05, 3.63) is 94.3 Å². The van der Waals surface area contributed by atoms with Gasteiger partial charge in [0.2, 0.25) is 0 Å². The van der Waals surface area contributed by atoms with Gasteiger partial charge in [0.05, 0.1) is 22.0 Å². The van der Waals surface area contributed by atoms with Crippen LogP contribution in [0.2, 0.25) is 5.02 Å². The van der Waals surface area contributed by atoms with Crippen molar-refractivity contribution in [3.8, 4) is 22.5 Å². The predicted molar refractivity (Wildman–Crippen MR) is 123 cm³/mol. The zero-order chi connectivity index (χ0) is 21.5. The van der Waals surface area contributed by atoms with E-state index in [1.165, 1.54) is 29.5 Å². The largest absolute Gasteiger partial charge is 0.338 e. The lowest BCUT2D eigenvalue weighted by molar-refractivity contribution is 0.589. The van der Waals surface area contributed by atoms with E-state index in [1.807, 2.05) is 59.2 Å². The Bertz CT molecular complexity index is 1370. The Hall–Kier alpha value is -3.22. The quantitative estimate of drug-likeness (QED) is 0.303. The third-order valence-corrected chi connectivity index (χ3v) is 6.24. The monoisotopic (exact) mass is 451 g/mol. The van der Waals surface area contributed by atoms with Crippen LogP contribution < -0.4 is 5.32 Å². The van der Waals surface area contributed by atoms with Crippen molar-refractivity contribution in [1.29, 1.82) is 0 Å². The third-order valence-electron chi connectivity index (χ3n) is 5.10. The van der Waals surface area contributed by atoms with Gasteiger partial charge in [0.25, 0.3) is 0 Å². The summed E-state index contributed by atoms with van der Waals surface area (Å²) in [6, 6.07) is 19.1. The van der Waals surface area contributed by atoms with Crippen molar-refractivity contribution in [2.24, 2.45) is 0 Å². The van der Waals surface area contributed by atoms with Gasteiger partial charge in [-0.3, -0.25) is 4.40 Å². The summed E-state index contributed by atoms with van der Waals surface area (Å²) in [6.45, 7) is 1.92. The molecule has 3 nitrogen and oxygen atoms in total. The molecule has 2 heterocycles. The van der Waals surface area contributed by atoms with Crippen LogP contribution in [0.4, 0.5) is 20.3 Å². The van der Waals surface area contributed by atoms with Crippen molar-refractivity contribution in [2.75, 3.05) is 5.32 Å². The highest BCUT2D eigenvalue weighted by Gasteiger charge is 2.24. The molecule has 2 aromatic heterocycles. The van der Waals surface area contributed by atoms with Crippen molar-refractivity contribution < 1.29 is 8.78 Å². The summed E-state index contributed by atoms with van der Waals surface area (Å²) in [5.74, 6) is -0.896. The predicted octanol–water partition coefficient (Wildman–Crippen LogP) is 7.71. The number of aryl methyl sites for hydroxylation is 1. The van der Waals surface area contributed by atoms with Crippen LogP contribution in [0, 0.1) is 18.6 Å². The minimum absolute atomic E-state index is 0.176. The number of rotatable bonds is 4. The smallest absolute Gasteiger partial charge is 0.196 e. The molecular formula is C24H16ClF2N3S. The fourth-order valence-electron chi connectivity index (χ4n) is 3.59. The van der Waals surface area contributed by atoms with Crippen molar-refractivity contribution in [1.82, 2.24) is 9.38 Å². The first kappa shape index (κ1) is 19.7. The topological polar surface area (TPSA) is 29.3 Å². The van der Waals surface area contributed by atoms with Crippen LogP contribution in [0.15, 0.2) is 72.1 Å². The van der Waals surface area contributed by atoms with Crippen LogP contribution in [0.1, 0.15) is 5.56 Å². The van der Waals surface area contributed by atoms with E-state index in [-0.39, 0.29) is 11.3 Å². The Labute approximate surface area is 186 Å². The molecule has 0 unspecified atom stereocenters. The van der Waals surface area contributed by atoms with Gasteiger partial charge in [0.1, 0.15) is 23.1 Å². The SMILES string of the molecule is Cc1cccc(Cl)c1Nc1c(-c2c(F)cccc2F)nc2scc(-c3ccccc3)n12. The molecular weight excluding hydrogens is 436 g/mol. The molecule has 3 aromatic carbocycles. The van der Waals surface area contributed by atoms with E-state index in [1.54, 1.807) is 6.07 Å². The Morgan fingerprint density at radius 2 is 1.65 bits per heavy atom. The number of thiazole rings is 1. The molecule has 0 aliphatic heterocycles. The molecule has 1 N–H and O–H groups in total. The minimum Gasteiger partial charge on any atom is -0.338 e. The van der Waals surface area contributed by atoms with Gasteiger partial charge in [-0.2, -0.15) is 0 Å². The van der Waals surface area contributed by atoms with Crippen molar-refractivity contribution in [3.63, 3.8) is 0 Å². The molecule has 7 heteroatoms. The van der Waals surface area contributed by atoms with Crippen molar-refractivity contribution >= 4 is 39.4 Å². The number of anilines is 2. The number of hydrogen-bond donors (Lipinski definition) is 1. The second-order valence-corrected chi connectivity index (χ2v) is 8.31. The number of aromatic nitrogens is 2. The van der Waals surface area contributed by atoms with E-state index >= 15 is 0 Å². The van der Waals surface area contributed by atoms with Crippen LogP contribution in [-0.4, -0.2) is 9.38 Å². The van der Waals surface area contributed by atoms with Crippen LogP contribution >= 0.6 is 22.9 Å². The average molecular weight is 452 g/mol. The van der Waals surface area contributed by atoms with E-state index < -0.39 is 11.6 Å². The molecule has 0 radical (unpaired) electrons. The van der Waals surface area contributed by atoms with Gasteiger partial charge >= 0.3 is 0 Å². The first-order valence-electron chi connectivity index (χ1n) is 9.56. The highest BCUT2D eigenvalue weighted by atomic mass is 35.5. The van der Waals surface area contributed by atoms with E-state index in [2.05, 4.69) is 10.3 Å². The van der Waals surface area contributed by atoms with Gasteiger partial charge in [0.15, 0.2) is 4.96 Å². The molecule has 31 heavy (non-hydrogen) atoms. The fourth-order valence-corrected chi connectivity index (χ4v) is 4.76. The van der Waals surface area contributed by atoms with Crippen LogP contribution in [0.5, 0.6) is 0 Å². The summed E-state index contributed by atoms with van der Waals surface area (Å²) < 4.78 is 31.3. The summed E-state index contributed by atoms with van der Waals surface area (Å²) in [6.07, 6.45) is 0. The molecule has 5 rings (SSSR count). The van der Waals surface area contributed by atoms with E-state index in [0.717, 1.165) is 16.8 Å². The van der Waals surface area contributed by atoms with E-state index in [0.29, 0.717) is 21.5 Å². The number of hydrogen-bond acceptors (Lipinski definition) is 3. The zero-order valence-electron chi connectivity index (χ0n) is 16.4. The molecule has 0 bridgehead atoms. The molecule has 0 fully saturated rings. The number of nitrogens with zero attached hydrogens (tertiary/aromatic N) is 2. The molecule has 0 saturated carbocycles. The lowest BCUT2D eigenvalue weighted by atomic mass is 10.1. The number of para-hydroxylation sites is 1. The highest BCUT2D eigenvalue weighted by molar-refractivity contribution is 7.15. The molecule has 0 aliphatic carbocycles. The maximum Gasteiger partial charge on any atom is 0.196 e. The second kappa shape index (κ2) is 7.80. The normalized spacial score (nSPS) is 11.2. The van der Waals surface area contributed by atoms with E-state index in [4.69, 9.17) is 11.6 Å². The van der Waals surface area contributed by atoms with Gasteiger partial charge in [-0.15, -0.1) is 11.3 Å². The number of halogens is 3. The van der Waals surface area contributed by atoms with Gasteiger partial charge in [-0.05, 0) is 36.2 Å². The molecule has 154 valence electrons. The highest BCUT2D eigenvalue weighted by Crippen LogP contribution is 2.40. The molecule has 0 atom stereocenters. The maximum absolute atomic E-state index is 14.7. The number of nitrogens with one attached hydrogen (secondary N) is 1. The average Bonchev–Trinajstić information content (AvgIpc) is 3.31. The number of fused-ring (bicyclic) bond motifs is 1. The Balaban J connectivity index is 1.82. The maximum atomic E-state index is 14.7. The summed E-state index contributed by atoms with van der Waals surface area (Å²) in [7, 11) is 0. The standard InChI is InChI=1S/C24H16ClF2N3S/c1-14-7-5-10-16(25)21(14)28-23-22(20-17(26)11-6-12-18(20)27)29-24-30(23)19(13-31-24)15-8-3-2-4-9-15/h2-13,28H,1H3. The van der Waals surface area contributed by atoms with Gasteiger partial charge in [-0.25, -0.2) is 13.8 Å². The Morgan fingerprint density at radius 1 is 0.935 bits per heavy atom. The van der Waals surface area contributed by atoms with Crippen LogP contribution in [0.3, 0.4) is 0 Å². The van der Waals surface area contributed by atoms with Crippen LogP contribution in [-0.2, 0) is 0 Å². The summed E-state index contributed by atoms with van der Waals surface area (Å²) in [4.78, 5) is 5.22. The second-order valence-electron chi connectivity index (χ2n) is 7.07. The third kappa shape index (κ3) is 3.38. The fraction of sp³-hybridized carbons (Fsp3) is 0.0417. The van der Waals surface area contributed by atoms with E-state index in [9.17, 15) is 8.78 Å². The van der Waals surface area contributed by atoms with Gasteiger partial charge in [0, 0.05) is 5.38 Å². The lowest BCUT2D eigenvalue weighted by Gasteiger charge is -2.14.